The van der Waals surface area contributed by atoms with E-state index >= 15 is 0 Å². The molecule has 0 saturated heterocycles. The third kappa shape index (κ3) is 5.56. The Hall–Kier alpha value is -0.0800. The van der Waals surface area contributed by atoms with E-state index in [0.717, 1.165) is 31.5 Å². The van der Waals surface area contributed by atoms with Gasteiger partial charge in [0.15, 0.2) is 0 Å². The number of rotatable bonds is 8. The highest BCUT2D eigenvalue weighted by Gasteiger charge is 2.36. The van der Waals surface area contributed by atoms with Gasteiger partial charge in [0.1, 0.15) is 0 Å². The Labute approximate surface area is 132 Å². The number of likely N-dealkylation sites (N-methyl/N-ethyl adjacent to an activating group) is 1. The van der Waals surface area contributed by atoms with Crippen molar-refractivity contribution < 1.29 is 4.74 Å². The Balaban J connectivity index is 1.81. The molecule has 2 rings (SSSR count). The second-order valence-corrected chi connectivity index (χ2v) is 7.51. The Morgan fingerprint density at radius 1 is 0.952 bits per heavy atom. The molecule has 2 saturated carbocycles. The van der Waals surface area contributed by atoms with Gasteiger partial charge >= 0.3 is 0 Å². The van der Waals surface area contributed by atoms with E-state index in [4.69, 9.17) is 4.74 Å². The maximum absolute atomic E-state index is 6.58. The Morgan fingerprint density at radius 2 is 1.67 bits per heavy atom. The van der Waals surface area contributed by atoms with Crippen LogP contribution >= 0.6 is 0 Å². The van der Waals surface area contributed by atoms with Crippen molar-refractivity contribution in [1.82, 2.24) is 5.32 Å². The topological polar surface area (TPSA) is 21.3 Å². The first-order valence-electron chi connectivity index (χ1n) is 9.62. The van der Waals surface area contributed by atoms with Crippen LogP contribution in [0.25, 0.3) is 0 Å². The van der Waals surface area contributed by atoms with Crippen LogP contribution in [0, 0.1) is 11.8 Å². The van der Waals surface area contributed by atoms with E-state index in [-0.39, 0.29) is 5.60 Å². The van der Waals surface area contributed by atoms with Gasteiger partial charge in [0.25, 0.3) is 0 Å². The predicted octanol–water partition coefficient (Wildman–Crippen LogP) is 4.92. The standard InChI is InChI=1S/C19H37NO/c1-3-8-17-11-13-19(14-12-17,16-20-4-2)21-15-18-9-6-5-7-10-18/h17-18,20H,3-16H2,1-2H3. The summed E-state index contributed by atoms with van der Waals surface area (Å²) in [6.07, 6.45) is 15.2. The average molecular weight is 296 g/mol. The lowest BCUT2D eigenvalue weighted by Crippen LogP contribution is -2.46. The SMILES string of the molecule is CCCC1CCC(CNCC)(OCC2CCCCC2)CC1. The van der Waals surface area contributed by atoms with Crippen LogP contribution in [-0.4, -0.2) is 25.3 Å². The molecule has 124 valence electrons. The largest absolute Gasteiger partial charge is 0.373 e. The minimum atomic E-state index is 0.150. The zero-order valence-corrected chi connectivity index (χ0v) is 14.5. The molecule has 2 nitrogen and oxygen atoms in total. The number of ether oxygens (including phenoxy) is 1. The van der Waals surface area contributed by atoms with Gasteiger partial charge in [0.05, 0.1) is 12.2 Å². The van der Waals surface area contributed by atoms with Crippen molar-refractivity contribution in [3.63, 3.8) is 0 Å². The molecular formula is C19H37NO. The van der Waals surface area contributed by atoms with Crippen molar-refractivity contribution in [1.29, 1.82) is 0 Å². The van der Waals surface area contributed by atoms with Gasteiger partial charge in [-0.1, -0.05) is 46.0 Å². The molecule has 0 spiro atoms. The Bertz CT molecular complexity index is 265. The lowest BCUT2D eigenvalue weighted by Gasteiger charge is -2.41. The predicted molar refractivity (Wildman–Crippen MR) is 90.7 cm³/mol. The highest BCUT2D eigenvalue weighted by atomic mass is 16.5. The van der Waals surface area contributed by atoms with E-state index in [2.05, 4.69) is 19.2 Å². The summed E-state index contributed by atoms with van der Waals surface area (Å²) in [6.45, 7) is 7.67. The highest BCUT2D eigenvalue weighted by Crippen LogP contribution is 2.37. The van der Waals surface area contributed by atoms with Crippen LogP contribution in [0.15, 0.2) is 0 Å². The summed E-state index contributed by atoms with van der Waals surface area (Å²) in [5.41, 5.74) is 0.150. The van der Waals surface area contributed by atoms with Gasteiger partial charge in [-0.25, -0.2) is 0 Å². The molecule has 0 aromatic carbocycles. The molecule has 0 radical (unpaired) electrons. The molecule has 21 heavy (non-hydrogen) atoms. The molecule has 0 amide bonds. The van der Waals surface area contributed by atoms with Crippen molar-refractivity contribution in [2.75, 3.05) is 19.7 Å². The lowest BCUT2D eigenvalue weighted by atomic mass is 9.76. The minimum absolute atomic E-state index is 0.150. The molecule has 0 bridgehead atoms. The zero-order chi connectivity index (χ0) is 15.0. The zero-order valence-electron chi connectivity index (χ0n) is 14.5. The molecule has 2 aliphatic carbocycles. The summed E-state index contributed by atoms with van der Waals surface area (Å²) in [7, 11) is 0. The first-order valence-corrected chi connectivity index (χ1v) is 9.62. The number of nitrogens with one attached hydrogen (secondary N) is 1. The highest BCUT2D eigenvalue weighted by molar-refractivity contribution is 4.89. The van der Waals surface area contributed by atoms with E-state index in [1.165, 1.54) is 70.6 Å². The molecule has 2 heteroatoms. The molecule has 1 N–H and O–H groups in total. The van der Waals surface area contributed by atoms with Crippen LogP contribution in [0.1, 0.15) is 84.5 Å². The summed E-state index contributed by atoms with van der Waals surface area (Å²) in [6, 6.07) is 0. The maximum atomic E-state index is 6.58. The van der Waals surface area contributed by atoms with Crippen molar-refractivity contribution in [2.24, 2.45) is 11.8 Å². The summed E-state index contributed by atoms with van der Waals surface area (Å²) in [5, 5.41) is 3.57. The quantitative estimate of drug-likeness (QED) is 0.686. The average Bonchev–Trinajstić information content (AvgIpc) is 2.54. The molecule has 0 aromatic heterocycles. The van der Waals surface area contributed by atoms with E-state index in [1.54, 1.807) is 0 Å². The van der Waals surface area contributed by atoms with Crippen LogP contribution in [0.4, 0.5) is 0 Å². The fourth-order valence-corrected chi connectivity index (χ4v) is 4.27. The summed E-state index contributed by atoms with van der Waals surface area (Å²) in [4.78, 5) is 0. The summed E-state index contributed by atoms with van der Waals surface area (Å²) >= 11 is 0. The summed E-state index contributed by atoms with van der Waals surface area (Å²) in [5.74, 6) is 1.80. The van der Waals surface area contributed by atoms with Crippen LogP contribution in [0.3, 0.4) is 0 Å². The second kappa shape index (κ2) is 9.15. The van der Waals surface area contributed by atoms with E-state index in [9.17, 15) is 0 Å². The first kappa shape index (κ1) is 17.3. The lowest BCUT2D eigenvalue weighted by molar-refractivity contribution is -0.0920. The third-order valence-electron chi connectivity index (χ3n) is 5.76. The van der Waals surface area contributed by atoms with Gasteiger partial charge in [-0.2, -0.15) is 0 Å². The van der Waals surface area contributed by atoms with E-state index < -0.39 is 0 Å². The minimum Gasteiger partial charge on any atom is -0.373 e. The fourth-order valence-electron chi connectivity index (χ4n) is 4.27. The fraction of sp³-hybridized carbons (Fsp3) is 1.00. The monoisotopic (exact) mass is 295 g/mol. The number of hydrogen-bond acceptors (Lipinski definition) is 2. The van der Waals surface area contributed by atoms with Crippen molar-refractivity contribution in [3.05, 3.63) is 0 Å². The van der Waals surface area contributed by atoms with Crippen molar-refractivity contribution >= 4 is 0 Å². The first-order chi connectivity index (χ1) is 10.3. The van der Waals surface area contributed by atoms with Gasteiger partial charge in [-0.15, -0.1) is 0 Å². The molecule has 2 fully saturated rings. The Morgan fingerprint density at radius 3 is 2.29 bits per heavy atom. The molecule has 2 aliphatic rings. The van der Waals surface area contributed by atoms with Gasteiger partial charge in [-0.05, 0) is 56.9 Å². The summed E-state index contributed by atoms with van der Waals surface area (Å²) < 4.78 is 6.58. The molecule has 0 aliphatic heterocycles. The van der Waals surface area contributed by atoms with Gasteiger partial charge < -0.3 is 10.1 Å². The van der Waals surface area contributed by atoms with Crippen molar-refractivity contribution in [2.45, 2.75) is 90.1 Å². The smallest absolute Gasteiger partial charge is 0.0806 e. The molecular weight excluding hydrogens is 258 g/mol. The van der Waals surface area contributed by atoms with E-state index in [0.29, 0.717) is 0 Å². The van der Waals surface area contributed by atoms with Crippen molar-refractivity contribution in [3.8, 4) is 0 Å². The van der Waals surface area contributed by atoms with Gasteiger partial charge in [-0.3, -0.25) is 0 Å². The van der Waals surface area contributed by atoms with Crippen LogP contribution in [-0.2, 0) is 4.74 Å². The molecule has 0 unspecified atom stereocenters. The van der Waals surface area contributed by atoms with Crippen LogP contribution < -0.4 is 5.32 Å². The molecule has 0 heterocycles. The molecule has 0 aromatic rings. The van der Waals surface area contributed by atoms with Gasteiger partial charge in [0.2, 0.25) is 0 Å². The van der Waals surface area contributed by atoms with Crippen LogP contribution in [0.5, 0.6) is 0 Å². The third-order valence-corrected chi connectivity index (χ3v) is 5.76. The van der Waals surface area contributed by atoms with E-state index in [1.807, 2.05) is 0 Å². The maximum Gasteiger partial charge on any atom is 0.0806 e. The number of hydrogen-bond donors (Lipinski definition) is 1. The normalized spacial score (nSPS) is 31.4. The molecule has 0 atom stereocenters. The Kier molecular flexibility index (Phi) is 7.53. The second-order valence-electron chi connectivity index (χ2n) is 7.51. The van der Waals surface area contributed by atoms with Gasteiger partial charge in [0, 0.05) is 6.54 Å². The van der Waals surface area contributed by atoms with Crippen LogP contribution in [0.2, 0.25) is 0 Å².